The molecule has 0 amide bonds. The maximum absolute atomic E-state index is 4.45. The first-order valence-electron chi connectivity index (χ1n) is 5.85. The van der Waals surface area contributed by atoms with E-state index in [2.05, 4.69) is 34.3 Å². The van der Waals surface area contributed by atoms with E-state index in [0.717, 1.165) is 28.2 Å². The number of thiophene rings is 1. The van der Waals surface area contributed by atoms with Gasteiger partial charge in [0.05, 0.1) is 5.39 Å². The number of nitrogens with one attached hydrogen (secondary N) is 1. The zero-order valence-corrected chi connectivity index (χ0v) is 12.0. The van der Waals surface area contributed by atoms with E-state index in [-0.39, 0.29) is 0 Å². The molecule has 0 aliphatic carbocycles. The van der Waals surface area contributed by atoms with Gasteiger partial charge >= 0.3 is 0 Å². The van der Waals surface area contributed by atoms with Gasteiger partial charge in [0.15, 0.2) is 5.82 Å². The highest BCUT2D eigenvalue weighted by Gasteiger charge is 2.12. The van der Waals surface area contributed by atoms with Crippen LogP contribution in [-0.4, -0.2) is 27.2 Å². The van der Waals surface area contributed by atoms with Crippen LogP contribution in [0.25, 0.3) is 10.2 Å². The second-order valence-corrected chi connectivity index (χ2v) is 6.59. The van der Waals surface area contributed by atoms with Crippen LogP contribution in [0.3, 0.4) is 0 Å². The second kappa shape index (κ2) is 4.85. The van der Waals surface area contributed by atoms with Gasteiger partial charge in [-0.15, -0.1) is 11.3 Å². The van der Waals surface area contributed by atoms with E-state index in [1.165, 1.54) is 21.9 Å². The van der Waals surface area contributed by atoms with Crippen molar-refractivity contribution in [1.29, 1.82) is 0 Å². The number of aromatic nitrogens is 2. The van der Waals surface area contributed by atoms with Gasteiger partial charge in [0, 0.05) is 16.3 Å². The lowest BCUT2D eigenvalue weighted by atomic mass is 10.2. The molecule has 0 bridgehead atoms. The fourth-order valence-electron chi connectivity index (χ4n) is 1.94. The van der Waals surface area contributed by atoms with Gasteiger partial charge in [0.2, 0.25) is 0 Å². The molecule has 0 saturated carbocycles. The minimum atomic E-state index is 0.825. The van der Waals surface area contributed by atoms with E-state index in [1.807, 2.05) is 11.8 Å². The number of thioether (sulfide) groups is 1. The molecule has 0 aromatic carbocycles. The average Bonchev–Trinajstić information content (AvgIpc) is 2.97. The van der Waals surface area contributed by atoms with Gasteiger partial charge in [0.1, 0.15) is 11.2 Å². The minimum absolute atomic E-state index is 0.825. The van der Waals surface area contributed by atoms with Crippen molar-refractivity contribution in [2.24, 2.45) is 5.10 Å². The predicted octanol–water partition coefficient (Wildman–Crippen LogP) is 3.21. The van der Waals surface area contributed by atoms with E-state index < -0.39 is 0 Å². The lowest BCUT2D eigenvalue weighted by Gasteiger charge is -2.03. The van der Waals surface area contributed by atoms with Crippen molar-refractivity contribution >= 4 is 44.8 Å². The molecule has 2 aromatic rings. The monoisotopic (exact) mass is 278 g/mol. The molecule has 1 saturated heterocycles. The molecule has 4 nitrogen and oxygen atoms in total. The Kier molecular flexibility index (Phi) is 3.22. The summed E-state index contributed by atoms with van der Waals surface area (Å²) in [6.07, 6.45) is 2.68. The number of rotatable bonds is 2. The summed E-state index contributed by atoms with van der Waals surface area (Å²) in [5.41, 5.74) is 5.58. The minimum Gasteiger partial charge on any atom is -0.261 e. The molecule has 3 heterocycles. The van der Waals surface area contributed by atoms with Crippen LogP contribution in [0.4, 0.5) is 5.82 Å². The smallest absolute Gasteiger partial charge is 0.158 e. The largest absolute Gasteiger partial charge is 0.261 e. The Morgan fingerprint density at radius 1 is 1.33 bits per heavy atom. The van der Waals surface area contributed by atoms with Crippen molar-refractivity contribution in [2.45, 2.75) is 20.3 Å². The summed E-state index contributed by atoms with van der Waals surface area (Å²) in [5.74, 6) is 3.03. The highest BCUT2D eigenvalue weighted by Crippen LogP contribution is 2.32. The molecular formula is C12H14N4S2. The van der Waals surface area contributed by atoms with Crippen LogP contribution in [0.15, 0.2) is 11.4 Å². The molecule has 3 rings (SSSR count). The molecule has 0 radical (unpaired) electrons. The van der Waals surface area contributed by atoms with Crippen LogP contribution in [0, 0.1) is 13.8 Å². The van der Waals surface area contributed by atoms with Crippen LogP contribution in [0.5, 0.6) is 0 Å². The lowest BCUT2D eigenvalue weighted by molar-refractivity contribution is 1.17. The molecule has 0 spiro atoms. The molecule has 0 unspecified atom stereocenters. The summed E-state index contributed by atoms with van der Waals surface area (Å²) < 4.78 is 0. The maximum Gasteiger partial charge on any atom is 0.158 e. The quantitative estimate of drug-likeness (QED) is 0.857. The summed E-state index contributed by atoms with van der Waals surface area (Å²) in [4.78, 5) is 11.0. The summed E-state index contributed by atoms with van der Waals surface area (Å²) in [7, 11) is 0. The molecule has 1 aliphatic heterocycles. The van der Waals surface area contributed by atoms with Crippen LogP contribution >= 0.6 is 23.1 Å². The molecule has 6 heteroatoms. The van der Waals surface area contributed by atoms with Crippen molar-refractivity contribution in [3.8, 4) is 0 Å². The fourth-order valence-corrected chi connectivity index (χ4v) is 3.91. The van der Waals surface area contributed by atoms with Crippen LogP contribution in [-0.2, 0) is 0 Å². The number of hydrogen-bond donors (Lipinski definition) is 1. The first-order valence-corrected chi connectivity index (χ1v) is 7.82. The number of hydrazone groups is 1. The number of fused-ring (bicyclic) bond motifs is 1. The van der Waals surface area contributed by atoms with Crippen molar-refractivity contribution in [3.05, 3.63) is 16.8 Å². The molecule has 2 aromatic heterocycles. The molecule has 1 fully saturated rings. The standard InChI is InChI=1S/C12H14N4S2/c1-7-8(2)18-12-10(7)11(13-6-14-12)16-15-9-3-4-17-5-9/h6H,3-5H2,1-2H3,(H,13,14,16)/b15-9+. The normalized spacial score (nSPS) is 17.8. The molecule has 1 N–H and O–H groups in total. The summed E-state index contributed by atoms with van der Waals surface area (Å²) in [6, 6.07) is 0. The van der Waals surface area contributed by atoms with E-state index in [0.29, 0.717) is 0 Å². The fraction of sp³-hybridized carbons (Fsp3) is 0.417. The summed E-state index contributed by atoms with van der Waals surface area (Å²) in [6.45, 7) is 4.23. The Morgan fingerprint density at radius 2 is 2.22 bits per heavy atom. The highest BCUT2D eigenvalue weighted by molar-refractivity contribution is 8.00. The third-order valence-corrected chi connectivity index (χ3v) is 5.23. The number of hydrogen-bond acceptors (Lipinski definition) is 6. The van der Waals surface area contributed by atoms with Crippen molar-refractivity contribution in [1.82, 2.24) is 9.97 Å². The van der Waals surface area contributed by atoms with Crippen LogP contribution in [0.1, 0.15) is 16.9 Å². The molecule has 94 valence electrons. The van der Waals surface area contributed by atoms with Gasteiger partial charge in [0.25, 0.3) is 0 Å². The highest BCUT2D eigenvalue weighted by atomic mass is 32.2. The van der Waals surface area contributed by atoms with Crippen molar-refractivity contribution in [2.75, 3.05) is 16.9 Å². The Hall–Kier alpha value is -1.14. The Morgan fingerprint density at radius 3 is 3.00 bits per heavy atom. The van der Waals surface area contributed by atoms with Gasteiger partial charge in [-0.3, -0.25) is 5.43 Å². The maximum atomic E-state index is 4.45. The molecule has 18 heavy (non-hydrogen) atoms. The zero-order valence-electron chi connectivity index (χ0n) is 10.4. The summed E-state index contributed by atoms with van der Waals surface area (Å²) in [5, 5.41) is 5.56. The van der Waals surface area contributed by atoms with Crippen LogP contribution in [0.2, 0.25) is 0 Å². The Bertz CT molecular complexity index is 610. The van der Waals surface area contributed by atoms with Gasteiger partial charge in [-0.1, -0.05) is 0 Å². The number of anilines is 1. The Balaban J connectivity index is 1.98. The van der Waals surface area contributed by atoms with E-state index >= 15 is 0 Å². The predicted molar refractivity (Wildman–Crippen MR) is 79.9 cm³/mol. The third-order valence-electron chi connectivity index (χ3n) is 3.09. The summed E-state index contributed by atoms with van der Waals surface area (Å²) >= 11 is 3.63. The molecule has 0 atom stereocenters. The first-order chi connectivity index (χ1) is 8.75. The molecular weight excluding hydrogens is 264 g/mol. The lowest BCUT2D eigenvalue weighted by Crippen LogP contribution is -2.01. The van der Waals surface area contributed by atoms with Gasteiger partial charge < -0.3 is 0 Å². The van der Waals surface area contributed by atoms with Gasteiger partial charge in [-0.2, -0.15) is 16.9 Å². The number of aryl methyl sites for hydroxylation is 2. The SMILES string of the molecule is Cc1sc2ncnc(N/N=C3\CCSC3)c2c1C. The van der Waals surface area contributed by atoms with Crippen molar-refractivity contribution in [3.63, 3.8) is 0 Å². The van der Waals surface area contributed by atoms with Gasteiger partial charge in [-0.05, 0) is 31.6 Å². The van der Waals surface area contributed by atoms with E-state index in [9.17, 15) is 0 Å². The third kappa shape index (κ3) is 2.10. The molecule has 1 aliphatic rings. The zero-order chi connectivity index (χ0) is 12.5. The second-order valence-electron chi connectivity index (χ2n) is 4.28. The Labute approximate surface area is 114 Å². The number of nitrogens with zero attached hydrogens (tertiary/aromatic N) is 3. The first kappa shape index (κ1) is 11.9. The van der Waals surface area contributed by atoms with Crippen molar-refractivity contribution < 1.29 is 0 Å². The average molecular weight is 278 g/mol. The van der Waals surface area contributed by atoms with Gasteiger partial charge in [-0.25, -0.2) is 9.97 Å². The van der Waals surface area contributed by atoms with Crippen LogP contribution < -0.4 is 5.43 Å². The van der Waals surface area contributed by atoms with E-state index in [1.54, 1.807) is 17.7 Å². The van der Waals surface area contributed by atoms with E-state index in [4.69, 9.17) is 0 Å². The topological polar surface area (TPSA) is 50.2 Å².